The van der Waals surface area contributed by atoms with Crippen molar-refractivity contribution >= 4 is 17.5 Å². The fourth-order valence-electron chi connectivity index (χ4n) is 1.67. The number of hydrazine groups is 1. The van der Waals surface area contributed by atoms with Gasteiger partial charge in [0.25, 0.3) is 5.91 Å². The van der Waals surface area contributed by atoms with Crippen molar-refractivity contribution in [2.24, 2.45) is 5.84 Å². The standard InChI is InChI=1S/C13H16N4O2/c1-7-4-5-11(16-14)10(6-7)12(18)15-13-8(2)9(3)17-19-13/h4-6,16H,14H2,1-3H3,(H,15,18). The van der Waals surface area contributed by atoms with Gasteiger partial charge in [0.2, 0.25) is 5.88 Å². The van der Waals surface area contributed by atoms with Gasteiger partial charge in [0.1, 0.15) is 0 Å². The molecule has 1 aromatic carbocycles. The van der Waals surface area contributed by atoms with Gasteiger partial charge in [-0.15, -0.1) is 0 Å². The molecule has 0 aliphatic rings. The Morgan fingerprint density at radius 3 is 2.63 bits per heavy atom. The first-order valence-corrected chi connectivity index (χ1v) is 5.84. The zero-order valence-corrected chi connectivity index (χ0v) is 11.1. The van der Waals surface area contributed by atoms with E-state index in [9.17, 15) is 4.79 Å². The smallest absolute Gasteiger partial charge is 0.260 e. The Balaban J connectivity index is 2.30. The molecule has 4 N–H and O–H groups in total. The number of nitrogens with two attached hydrogens (primary N) is 1. The van der Waals surface area contributed by atoms with Gasteiger partial charge >= 0.3 is 0 Å². The highest BCUT2D eigenvalue weighted by Crippen LogP contribution is 2.21. The lowest BCUT2D eigenvalue weighted by Gasteiger charge is -2.09. The minimum atomic E-state index is -0.295. The maximum absolute atomic E-state index is 12.2. The first-order chi connectivity index (χ1) is 9.02. The number of aromatic nitrogens is 1. The molecular formula is C13H16N4O2. The molecule has 0 radical (unpaired) electrons. The number of nitrogen functional groups attached to an aromatic ring is 1. The number of nitrogens with one attached hydrogen (secondary N) is 2. The van der Waals surface area contributed by atoms with Crippen LogP contribution < -0.4 is 16.6 Å². The minimum Gasteiger partial charge on any atom is -0.338 e. The molecule has 0 aliphatic heterocycles. The minimum absolute atomic E-state index is 0.295. The zero-order valence-electron chi connectivity index (χ0n) is 11.1. The van der Waals surface area contributed by atoms with Crippen LogP contribution in [-0.4, -0.2) is 11.1 Å². The van der Waals surface area contributed by atoms with E-state index in [4.69, 9.17) is 10.4 Å². The zero-order chi connectivity index (χ0) is 14.0. The van der Waals surface area contributed by atoms with Gasteiger partial charge in [-0.3, -0.25) is 16.0 Å². The molecule has 0 unspecified atom stereocenters. The molecule has 0 fully saturated rings. The summed E-state index contributed by atoms with van der Waals surface area (Å²) in [4.78, 5) is 12.2. The number of benzene rings is 1. The first kappa shape index (κ1) is 13.1. The number of rotatable bonds is 3. The summed E-state index contributed by atoms with van der Waals surface area (Å²) < 4.78 is 5.06. The summed E-state index contributed by atoms with van der Waals surface area (Å²) >= 11 is 0. The van der Waals surface area contributed by atoms with Gasteiger partial charge in [-0.05, 0) is 32.9 Å². The van der Waals surface area contributed by atoms with Crippen LogP contribution in [0.1, 0.15) is 27.2 Å². The Morgan fingerprint density at radius 2 is 2.05 bits per heavy atom. The van der Waals surface area contributed by atoms with E-state index in [-0.39, 0.29) is 5.91 Å². The summed E-state index contributed by atoms with van der Waals surface area (Å²) in [7, 11) is 0. The van der Waals surface area contributed by atoms with Crippen LogP contribution in [0, 0.1) is 20.8 Å². The molecule has 1 aromatic heterocycles. The molecule has 0 aliphatic carbocycles. The van der Waals surface area contributed by atoms with Gasteiger partial charge in [-0.1, -0.05) is 16.8 Å². The second-order valence-corrected chi connectivity index (χ2v) is 4.37. The monoisotopic (exact) mass is 260 g/mol. The lowest BCUT2D eigenvalue weighted by atomic mass is 10.1. The van der Waals surface area contributed by atoms with E-state index in [2.05, 4.69) is 15.9 Å². The van der Waals surface area contributed by atoms with Crippen molar-refractivity contribution in [3.63, 3.8) is 0 Å². The SMILES string of the molecule is Cc1ccc(NN)c(C(=O)Nc2onc(C)c2C)c1. The summed E-state index contributed by atoms with van der Waals surface area (Å²) in [6, 6.07) is 5.38. The van der Waals surface area contributed by atoms with Crippen LogP contribution in [-0.2, 0) is 0 Å². The number of hydrogen-bond acceptors (Lipinski definition) is 5. The molecule has 6 nitrogen and oxygen atoms in total. The number of nitrogens with zero attached hydrogens (tertiary/aromatic N) is 1. The lowest BCUT2D eigenvalue weighted by molar-refractivity contribution is 0.102. The predicted molar refractivity (Wildman–Crippen MR) is 72.9 cm³/mol. The molecule has 19 heavy (non-hydrogen) atoms. The first-order valence-electron chi connectivity index (χ1n) is 5.84. The Kier molecular flexibility index (Phi) is 3.52. The highest BCUT2D eigenvalue weighted by atomic mass is 16.5. The van der Waals surface area contributed by atoms with E-state index in [1.807, 2.05) is 26.8 Å². The van der Waals surface area contributed by atoms with Gasteiger partial charge in [0.15, 0.2) is 0 Å². The number of amides is 1. The van der Waals surface area contributed by atoms with Crippen molar-refractivity contribution < 1.29 is 9.32 Å². The highest BCUT2D eigenvalue weighted by molar-refractivity contribution is 6.07. The van der Waals surface area contributed by atoms with Gasteiger partial charge in [0.05, 0.1) is 16.9 Å². The Labute approximate surface area is 110 Å². The normalized spacial score (nSPS) is 10.3. The number of aryl methyl sites for hydroxylation is 2. The van der Waals surface area contributed by atoms with Gasteiger partial charge in [-0.2, -0.15) is 0 Å². The summed E-state index contributed by atoms with van der Waals surface area (Å²) in [5, 5.41) is 6.48. The summed E-state index contributed by atoms with van der Waals surface area (Å²) in [6.45, 7) is 5.55. The molecule has 0 saturated heterocycles. The Hall–Kier alpha value is -2.34. The van der Waals surface area contributed by atoms with Crippen LogP contribution in [0.4, 0.5) is 11.6 Å². The maximum Gasteiger partial charge on any atom is 0.260 e. The highest BCUT2D eigenvalue weighted by Gasteiger charge is 2.16. The molecule has 0 spiro atoms. The van der Waals surface area contributed by atoms with E-state index in [1.54, 1.807) is 12.1 Å². The second kappa shape index (κ2) is 5.11. The summed E-state index contributed by atoms with van der Waals surface area (Å²) in [6.07, 6.45) is 0. The van der Waals surface area contributed by atoms with E-state index in [0.717, 1.165) is 16.8 Å². The van der Waals surface area contributed by atoms with E-state index in [1.165, 1.54) is 0 Å². The average Bonchev–Trinajstić information content (AvgIpc) is 2.70. The molecule has 1 amide bonds. The van der Waals surface area contributed by atoms with Crippen LogP contribution >= 0.6 is 0 Å². The van der Waals surface area contributed by atoms with Crippen molar-refractivity contribution in [1.82, 2.24) is 5.16 Å². The molecule has 0 atom stereocenters. The molecule has 2 rings (SSSR count). The van der Waals surface area contributed by atoms with Crippen LogP contribution in [0.3, 0.4) is 0 Å². The van der Waals surface area contributed by atoms with Gasteiger partial charge in [0, 0.05) is 5.56 Å². The number of carbonyl (C=O) groups is 1. The van der Waals surface area contributed by atoms with Gasteiger partial charge in [-0.25, -0.2) is 0 Å². The van der Waals surface area contributed by atoms with Crippen molar-refractivity contribution in [2.45, 2.75) is 20.8 Å². The molecular weight excluding hydrogens is 244 g/mol. The molecule has 100 valence electrons. The largest absolute Gasteiger partial charge is 0.338 e. The maximum atomic E-state index is 12.2. The van der Waals surface area contributed by atoms with Crippen LogP contribution in [0.5, 0.6) is 0 Å². The lowest BCUT2D eigenvalue weighted by Crippen LogP contribution is -2.17. The third kappa shape index (κ3) is 2.58. The predicted octanol–water partition coefficient (Wildman–Crippen LogP) is 2.14. The summed E-state index contributed by atoms with van der Waals surface area (Å²) in [5.41, 5.74) is 6.03. The van der Waals surface area contributed by atoms with Crippen molar-refractivity contribution in [2.75, 3.05) is 10.7 Å². The third-order valence-electron chi connectivity index (χ3n) is 2.96. The molecule has 0 saturated carbocycles. The fraction of sp³-hybridized carbons (Fsp3) is 0.231. The van der Waals surface area contributed by atoms with E-state index in [0.29, 0.717) is 17.1 Å². The second-order valence-electron chi connectivity index (χ2n) is 4.37. The number of hydrogen-bond donors (Lipinski definition) is 3. The molecule has 6 heteroatoms. The Morgan fingerprint density at radius 1 is 1.32 bits per heavy atom. The molecule has 0 bridgehead atoms. The topological polar surface area (TPSA) is 93.2 Å². The van der Waals surface area contributed by atoms with Crippen LogP contribution in [0.2, 0.25) is 0 Å². The van der Waals surface area contributed by atoms with E-state index >= 15 is 0 Å². The molecule has 1 heterocycles. The van der Waals surface area contributed by atoms with Gasteiger partial charge < -0.3 is 9.95 Å². The molecule has 2 aromatic rings. The third-order valence-corrected chi connectivity index (χ3v) is 2.96. The van der Waals surface area contributed by atoms with Crippen LogP contribution in [0.25, 0.3) is 0 Å². The van der Waals surface area contributed by atoms with E-state index < -0.39 is 0 Å². The fourth-order valence-corrected chi connectivity index (χ4v) is 1.67. The average molecular weight is 260 g/mol. The quantitative estimate of drug-likeness (QED) is 0.580. The van der Waals surface area contributed by atoms with Crippen molar-refractivity contribution in [3.8, 4) is 0 Å². The van der Waals surface area contributed by atoms with Crippen molar-refractivity contribution in [1.29, 1.82) is 0 Å². The summed E-state index contributed by atoms with van der Waals surface area (Å²) in [5.74, 6) is 5.46. The number of carbonyl (C=O) groups excluding carboxylic acids is 1. The Bertz CT molecular complexity index is 619. The number of anilines is 2. The van der Waals surface area contributed by atoms with Crippen molar-refractivity contribution in [3.05, 3.63) is 40.6 Å². The van der Waals surface area contributed by atoms with Crippen LogP contribution in [0.15, 0.2) is 22.7 Å².